The number of aromatic nitrogens is 4. The Bertz CT molecular complexity index is 867. The molecule has 0 saturated carbocycles. The Morgan fingerprint density at radius 2 is 2.08 bits per heavy atom. The van der Waals surface area contributed by atoms with Crippen LogP contribution in [0.25, 0.3) is 0 Å². The molecule has 3 aromatic rings. The average molecular weight is 349 g/mol. The van der Waals surface area contributed by atoms with Crippen molar-refractivity contribution in [1.82, 2.24) is 24.6 Å². The van der Waals surface area contributed by atoms with Crippen molar-refractivity contribution in [2.24, 2.45) is 0 Å². The van der Waals surface area contributed by atoms with Crippen LogP contribution in [0.1, 0.15) is 29.2 Å². The molecule has 0 spiro atoms. The third-order valence-corrected chi connectivity index (χ3v) is 4.43. The maximum absolute atomic E-state index is 13.1. The van der Waals surface area contributed by atoms with Crippen LogP contribution in [0.4, 0.5) is 0 Å². The first-order chi connectivity index (χ1) is 12.8. The Hall–Kier alpha value is -3.22. The molecule has 7 heteroatoms. The summed E-state index contributed by atoms with van der Waals surface area (Å²) in [6.07, 6.45) is 10.5. The van der Waals surface area contributed by atoms with E-state index >= 15 is 0 Å². The van der Waals surface area contributed by atoms with Crippen molar-refractivity contribution in [3.8, 4) is 11.6 Å². The molecular weight excluding hydrogens is 330 g/mol. The van der Waals surface area contributed by atoms with E-state index in [0.29, 0.717) is 23.7 Å². The molecule has 1 fully saturated rings. The van der Waals surface area contributed by atoms with E-state index in [2.05, 4.69) is 15.1 Å². The van der Waals surface area contributed by atoms with Crippen LogP contribution in [0.15, 0.2) is 61.3 Å². The highest BCUT2D eigenvalue weighted by Crippen LogP contribution is 2.26. The second kappa shape index (κ2) is 7.35. The van der Waals surface area contributed by atoms with E-state index in [0.717, 1.165) is 19.4 Å². The average Bonchev–Trinajstić information content (AvgIpc) is 3.24. The van der Waals surface area contributed by atoms with Crippen molar-refractivity contribution in [2.45, 2.75) is 18.9 Å². The van der Waals surface area contributed by atoms with E-state index < -0.39 is 0 Å². The molecule has 0 bridgehead atoms. The molecule has 0 radical (unpaired) electrons. The smallest absolute Gasteiger partial charge is 0.259 e. The van der Waals surface area contributed by atoms with E-state index in [1.54, 1.807) is 49.1 Å². The number of carbonyl (C=O) groups excluding carboxylic acids is 1. The summed E-state index contributed by atoms with van der Waals surface area (Å²) in [5.41, 5.74) is 0.456. The van der Waals surface area contributed by atoms with Gasteiger partial charge in [0.1, 0.15) is 11.3 Å². The lowest BCUT2D eigenvalue weighted by molar-refractivity contribution is 0.0669. The van der Waals surface area contributed by atoms with Crippen molar-refractivity contribution < 1.29 is 9.53 Å². The predicted octanol–water partition coefficient (Wildman–Crippen LogP) is 2.94. The number of carbonyl (C=O) groups is 1. The molecule has 1 aliphatic heterocycles. The molecule has 132 valence electrons. The van der Waals surface area contributed by atoms with Gasteiger partial charge in [0, 0.05) is 37.9 Å². The molecule has 1 aliphatic rings. The van der Waals surface area contributed by atoms with Gasteiger partial charge >= 0.3 is 0 Å². The zero-order valence-corrected chi connectivity index (χ0v) is 14.2. The number of nitrogens with zero attached hydrogens (tertiary/aromatic N) is 5. The fraction of sp³-hybridized carbons (Fsp3) is 0.263. The summed E-state index contributed by atoms with van der Waals surface area (Å²) < 4.78 is 7.71. The van der Waals surface area contributed by atoms with Gasteiger partial charge in [0.05, 0.1) is 12.2 Å². The van der Waals surface area contributed by atoms with E-state index in [1.807, 2.05) is 21.8 Å². The molecule has 0 aromatic carbocycles. The van der Waals surface area contributed by atoms with Crippen molar-refractivity contribution in [2.75, 3.05) is 13.1 Å². The largest absolute Gasteiger partial charge is 0.437 e. The van der Waals surface area contributed by atoms with Crippen molar-refractivity contribution >= 4 is 5.91 Å². The van der Waals surface area contributed by atoms with E-state index in [-0.39, 0.29) is 11.9 Å². The molecule has 1 atom stereocenters. The van der Waals surface area contributed by atoms with E-state index in [9.17, 15) is 4.79 Å². The van der Waals surface area contributed by atoms with Gasteiger partial charge < -0.3 is 9.64 Å². The maximum Gasteiger partial charge on any atom is 0.259 e. The summed E-state index contributed by atoms with van der Waals surface area (Å²) in [4.78, 5) is 23.2. The van der Waals surface area contributed by atoms with E-state index in [4.69, 9.17) is 4.74 Å². The van der Waals surface area contributed by atoms with Gasteiger partial charge in [-0.2, -0.15) is 5.10 Å². The number of hydrogen-bond donors (Lipinski definition) is 0. The Balaban J connectivity index is 1.54. The van der Waals surface area contributed by atoms with Gasteiger partial charge in [-0.05, 0) is 43.2 Å². The number of hydrogen-bond acceptors (Lipinski definition) is 5. The Labute approximate surface area is 151 Å². The number of piperidine rings is 1. The zero-order chi connectivity index (χ0) is 17.8. The van der Waals surface area contributed by atoms with Crippen LogP contribution < -0.4 is 4.74 Å². The third-order valence-electron chi connectivity index (χ3n) is 4.43. The van der Waals surface area contributed by atoms with Crippen molar-refractivity contribution in [1.29, 1.82) is 0 Å². The van der Waals surface area contributed by atoms with Gasteiger partial charge in [0.2, 0.25) is 5.88 Å². The number of likely N-dealkylation sites (tertiary alicyclic amines) is 1. The third kappa shape index (κ3) is 3.42. The molecule has 1 amide bonds. The van der Waals surface area contributed by atoms with E-state index in [1.165, 1.54) is 0 Å². The number of rotatable bonds is 4. The minimum atomic E-state index is -0.0751. The van der Waals surface area contributed by atoms with Crippen LogP contribution in [-0.2, 0) is 0 Å². The lowest BCUT2D eigenvalue weighted by atomic mass is 10.0. The quantitative estimate of drug-likeness (QED) is 0.724. The first-order valence-electron chi connectivity index (χ1n) is 8.62. The van der Waals surface area contributed by atoms with Crippen LogP contribution in [-0.4, -0.2) is 43.6 Å². The van der Waals surface area contributed by atoms with Crippen LogP contribution in [0, 0.1) is 0 Å². The topological polar surface area (TPSA) is 73.1 Å². The maximum atomic E-state index is 13.1. The molecule has 3 aromatic heterocycles. The van der Waals surface area contributed by atoms with Crippen molar-refractivity contribution in [3.05, 3.63) is 66.9 Å². The number of amides is 1. The van der Waals surface area contributed by atoms with Gasteiger partial charge in [0.15, 0.2) is 0 Å². The molecule has 4 heterocycles. The first kappa shape index (κ1) is 16.3. The van der Waals surface area contributed by atoms with Gasteiger partial charge in [-0.25, -0.2) is 4.98 Å². The minimum absolute atomic E-state index is 0.0751. The molecule has 7 nitrogen and oxygen atoms in total. The minimum Gasteiger partial charge on any atom is -0.437 e. The molecule has 1 unspecified atom stereocenters. The highest BCUT2D eigenvalue weighted by Gasteiger charge is 2.27. The van der Waals surface area contributed by atoms with Gasteiger partial charge in [-0.15, -0.1) is 0 Å². The summed E-state index contributed by atoms with van der Waals surface area (Å²) in [5, 5.41) is 4.31. The first-order valence-corrected chi connectivity index (χ1v) is 8.62. The Morgan fingerprint density at radius 3 is 2.88 bits per heavy atom. The summed E-state index contributed by atoms with van der Waals surface area (Å²) in [6, 6.07) is 9.16. The molecular formula is C19H19N5O2. The summed E-state index contributed by atoms with van der Waals surface area (Å²) in [6.45, 7) is 1.35. The van der Waals surface area contributed by atoms with Gasteiger partial charge in [-0.3, -0.25) is 14.5 Å². The van der Waals surface area contributed by atoms with Crippen LogP contribution in [0.2, 0.25) is 0 Å². The summed E-state index contributed by atoms with van der Waals surface area (Å²) >= 11 is 0. The highest BCUT2D eigenvalue weighted by atomic mass is 16.5. The molecule has 0 N–H and O–H groups in total. The number of pyridine rings is 2. The lowest BCUT2D eigenvalue weighted by Gasteiger charge is -2.33. The Morgan fingerprint density at radius 1 is 1.15 bits per heavy atom. The normalized spacial score (nSPS) is 17.1. The predicted molar refractivity (Wildman–Crippen MR) is 94.9 cm³/mol. The van der Waals surface area contributed by atoms with Crippen LogP contribution in [0.5, 0.6) is 11.6 Å². The Kier molecular flexibility index (Phi) is 4.59. The zero-order valence-electron chi connectivity index (χ0n) is 14.2. The van der Waals surface area contributed by atoms with Gasteiger partial charge in [0.25, 0.3) is 5.91 Å². The SMILES string of the molecule is O=C(c1cccnc1Oc1cccnc1)N1CCCC(n2cccn2)C1. The standard InChI is InChI=1S/C19H19N5O2/c25-19(23-11-3-5-15(14-23)24-12-4-10-22-24)17-7-2-9-21-18(17)26-16-6-1-8-20-13-16/h1-2,4,6-10,12-13,15H,3,5,11,14H2. The second-order valence-corrected chi connectivity index (χ2v) is 6.18. The molecule has 1 saturated heterocycles. The number of ether oxygens (including phenoxy) is 1. The molecule has 0 aliphatic carbocycles. The fourth-order valence-corrected chi connectivity index (χ4v) is 3.18. The monoisotopic (exact) mass is 349 g/mol. The fourth-order valence-electron chi connectivity index (χ4n) is 3.18. The second-order valence-electron chi connectivity index (χ2n) is 6.18. The molecule has 26 heavy (non-hydrogen) atoms. The summed E-state index contributed by atoms with van der Waals surface area (Å²) in [5.74, 6) is 0.772. The lowest BCUT2D eigenvalue weighted by Crippen LogP contribution is -2.41. The summed E-state index contributed by atoms with van der Waals surface area (Å²) in [7, 11) is 0. The highest BCUT2D eigenvalue weighted by molar-refractivity contribution is 5.96. The van der Waals surface area contributed by atoms with Crippen molar-refractivity contribution in [3.63, 3.8) is 0 Å². The molecule has 4 rings (SSSR count). The van der Waals surface area contributed by atoms with Gasteiger partial charge in [-0.1, -0.05) is 0 Å². The van der Waals surface area contributed by atoms with Crippen LogP contribution in [0.3, 0.4) is 0 Å². The van der Waals surface area contributed by atoms with Crippen LogP contribution >= 0.6 is 0 Å².